The Morgan fingerprint density at radius 1 is 1.29 bits per heavy atom. The van der Waals surface area contributed by atoms with Crippen LogP contribution in [0.1, 0.15) is 32.6 Å². The second kappa shape index (κ2) is 7.74. The van der Waals surface area contributed by atoms with Crippen molar-refractivity contribution in [3.63, 3.8) is 0 Å². The molecule has 2 atom stereocenters. The van der Waals surface area contributed by atoms with Crippen LogP contribution in [0.3, 0.4) is 0 Å². The highest BCUT2D eigenvalue weighted by Crippen LogP contribution is 2.30. The first-order valence-electron chi connectivity index (χ1n) is 7.21. The lowest BCUT2D eigenvalue weighted by Gasteiger charge is -2.18. The molecule has 0 aromatic carbocycles. The molecule has 1 rings (SSSR count). The van der Waals surface area contributed by atoms with Crippen molar-refractivity contribution in [2.24, 2.45) is 11.8 Å². The van der Waals surface area contributed by atoms with Crippen LogP contribution in [0.4, 0.5) is 0 Å². The molecule has 0 aromatic heterocycles. The van der Waals surface area contributed by atoms with E-state index in [4.69, 9.17) is 5.11 Å². The van der Waals surface area contributed by atoms with Gasteiger partial charge in [-0.1, -0.05) is 6.92 Å². The molecule has 1 amide bonds. The fourth-order valence-corrected chi connectivity index (χ4v) is 3.54. The van der Waals surface area contributed by atoms with Gasteiger partial charge in [-0.25, -0.2) is 12.7 Å². The molecule has 0 aromatic rings. The quantitative estimate of drug-likeness (QED) is 0.625. The van der Waals surface area contributed by atoms with Crippen LogP contribution in [0, 0.1) is 11.8 Å². The summed E-state index contributed by atoms with van der Waals surface area (Å²) in [7, 11) is -3.19. The van der Waals surface area contributed by atoms with E-state index in [9.17, 15) is 18.0 Å². The lowest BCUT2D eigenvalue weighted by Crippen LogP contribution is -2.35. The Hall–Kier alpha value is -1.15. The summed E-state index contributed by atoms with van der Waals surface area (Å²) in [4.78, 5) is 22.7. The van der Waals surface area contributed by atoms with E-state index >= 15 is 0 Å². The fraction of sp³-hybridized carbons (Fsp3) is 0.846. The van der Waals surface area contributed by atoms with Crippen molar-refractivity contribution in [2.45, 2.75) is 32.6 Å². The SMILES string of the molecule is CCN(CCCNC(=O)C1CCC(C(=O)O)C1)S(C)(=O)=O. The highest BCUT2D eigenvalue weighted by atomic mass is 32.2. The Morgan fingerprint density at radius 3 is 2.38 bits per heavy atom. The van der Waals surface area contributed by atoms with Crippen LogP contribution in [-0.4, -0.2) is 55.6 Å². The summed E-state index contributed by atoms with van der Waals surface area (Å²) in [5, 5.41) is 11.7. The summed E-state index contributed by atoms with van der Waals surface area (Å²) in [5.41, 5.74) is 0. The highest BCUT2D eigenvalue weighted by Gasteiger charge is 2.33. The summed E-state index contributed by atoms with van der Waals surface area (Å²) in [6.07, 6.45) is 3.26. The zero-order valence-electron chi connectivity index (χ0n) is 12.5. The zero-order chi connectivity index (χ0) is 16.0. The largest absolute Gasteiger partial charge is 0.481 e. The number of amides is 1. The second-order valence-electron chi connectivity index (χ2n) is 5.44. The van der Waals surface area contributed by atoms with Gasteiger partial charge in [0.1, 0.15) is 0 Å². The standard InChI is InChI=1S/C13H24N2O5S/c1-3-15(21(2,19)20)8-4-7-14-12(16)10-5-6-11(9-10)13(17)18/h10-11H,3-9H2,1-2H3,(H,14,16)(H,17,18). The molecule has 8 heteroatoms. The number of sulfonamides is 1. The summed E-state index contributed by atoms with van der Waals surface area (Å²) in [5.74, 6) is -1.61. The Morgan fingerprint density at radius 2 is 1.90 bits per heavy atom. The predicted molar refractivity (Wildman–Crippen MR) is 78.2 cm³/mol. The van der Waals surface area contributed by atoms with E-state index in [2.05, 4.69) is 5.32 Å². The number of carboxylic acids is 1. The van der Waals surface area contributed by atoms with Gasteiger partial charge in [-0.2, -0.15) is 0 Å². The lowest BCUT2D eigenvalue weighted by molar-refractivity contribution is -0.141. The van der Waals surface area contributed by atoms with Crippen LogP contribution in [0.5, 0.6) is 0 Å². The van der Waals surface area contributed by atoms with Crippen molar-refractivity contribution >= 4 is 21.9 Å². The summed E-state index contributed by atoms with van der Waals surface area (Å²) in [6, 6.07) is 0. The lowest BCUT2D eigenvalue weighted by atomic mass is 10.0. The third-order valence-electron chi connectivity index (χ3n) is 3.86. The monoisotopic (exact) mass is 320 g/mol. The van der Waals surface area contributed by atoms with E-state index in [1.807, 2.05) is 0 Å². The van der Waals surface area contributed by atoms with Crippen molar-refractivity contribution in [1.82, 2.24) is 9.62 Å². The smallest absolute Gasteiger partial charge is 0.306 e. The third kappa shape index (κ3) is 5.62. The van der Waals surface area contributed by atoms with Crippen LogP contribution < -0.4 is 5.32 Å². The third-order valence-corrected chi connectivity index (χ3v) is 5.24. The topological polar surface area (TPSA) is 104 Å². The molecule has 1 saturated carbocycles. The molecular formula is C13H24N2O5S. The van der Waals surface area contributed by atoms with Gasteiger partial charge in [0.25, 0.3) is 0 Å². The first-order valence-corrected chi connectivity index (χ1v) is 9.06. The normalized spacial score (nSPS) is 22.4. The number of aliphatic carboxylic acids is 1. The molecule has 0 aliphatic heterocycles. The number of nitrogens with one attached hydrogen (secondary N) is 1. The van der Waals surface area contributed by atoms with Gasteiger partial charge in [0.15, 0.2) is 0 Å². The van der Waals surface area contributed by atoms with Gasteiger partial charge in [0.05, 0.1) is 12.2 Å². The van der Waals surface area contributed by atoms with E-state index < -0.39 is 21.9 Å². The van der Waals surface area contributed by atoms with E-state index in [-0.39, 0.29) is 11.8 Å². The molecule has 0 radical (unpaired) electrons. The fourth-order valence-electron chi connectivity index (χ4n) is 2.61. The molecule has 1 aliphatic carbocycles. The van der Waals surface area contributed by atoms with Crippen molar-refractivity contribution in [1.29, 1.82) is 0 Å². The van der Waals surface area contributed by atoms with Gasteiger partial charge < -0.3 is 10.4 Å². The number of hydrogen-bond acceptors (Lipinski definition) is 4. The molecule has 0 spiro atoms. The van der Waals surface area contributed by atoms with E-state index in [0.717, 1.165) is 0 Å². The maximum Gasteiger partial charge on any atom is 0.306 e. The summed E-state index contributed by atoms with van der Waals surface area (Å²) in [6.45, 7) is 2.96. The minimum Gasteiger partial charge on any atom is -0.481 e. The van der Waals surface area contributed by atoms with Gasteiger partial charge in [-0.15, -0.1) is 0 Å². The molecule has 2 N–H and O–H groups in total. The Labute approximate surface area is 125 Å². The minimum atomic E-state index is -3.19. The predicted octanol–water partition coefficient (Wildman–Crippen LogP) is 0.275. The molecule has 21 heavy (non-hydrogen) atoms. The molecule has 0 heterocycles. The van der Waals surface area contributed by atoms with E-state index in [1.54, 1.807) is 6.92 Å². The molecule has 1 fully saturated rings. The number of rotatable bonds is 8. The first kappa shape index (κ1) is 17.9. The minimum absolute atomic E-state index is 0.124. The van der Waals surface area contributed by atoms with Crippen LogP contribution in [0.15, 0.2) is 0 Å². The van der Waals surface area contributed by atoms with Gasteiger partial charge >= 0.3 is 5.97 Å². The van der Waals surface area contributed by atoms with Crippen molar-refractivity contribution < 1.29 is 23.1 Å². The van der Waals surface area contributed by atoms with Crippen LogP contribution in [0.2, 0.25) is 0 Å². The number of hydrogen-bond donors (Lipinski definition) is 2. The van der Waals surface area contributed by atoms with Crippen LogP contribution >= 0.6 is 0 Å². The highest BCUT2D eigenvalue weighted by molar-refractivity contribution is 7.88. The average Bonchev–Trinajstić information content (AvgIpc) is 2.86. The maximum atomic E-state index is 11.9. The number of carbonyl (C=O) groups excluding carboxylic acids is 1. The zero-order valence-corrected chi connectivity index (χ0v) is 13.4. The number of carbonyl (C=O) groups is 2. The summed E-state index contributed by atoms with van der Waals surface area (Å²) >= 11 is 0. The van der Waals surface area contributed by atoms with Gasteiger partial charge in [-0.05, 0) is 25.7 Å². The Balaban J connectivity index is 2.27. The molecule has 7 nitrogen and oxygen atoms in total. The van der Waals surface area contributed by atoms with Gasteiger partial charge in [0.2, 0.25) is 15.9 Å². The first-order chi connectivity index (χ1) is 9.75. The van der Waals surface area contributed by atoms with E-state index in [0.29, 0.717) is 45.3 Å². The molecule has 0 saturated heterocycles. The Bertz CT molecular complexity index is 477. The number of nitrogens with zero attached hydrogens (tertiary/aromatic N) is 1. The van der Waals surface area contributed by atoms with Gasteiger partial charge in [0, 0.05) is 25.6 Å². The second-order valence-corrected chi connectivity index (χ2v) is 7.43. The molecular weight excluding hydrogens is 296 g/mol. The molecule has 1 aliphatic rings. The van der Waals surface area contributed by atoms with Crippen molar-refractivity contribution in [2.75, 3.05) is 25.9 Å². The molecule has 122 valence electrons. The van der Waals surface area contributed by atoms with Crippen LogP contribution in [0.25, 0.3) is 0 Å². The molecule has 0 bridgehead atoms. The van der Waals surface area contributed by atoms with Crippen LogP contribution in [-0.2, 0) is 19.6 Å². The average molecular weight is 320 g/mol. The van der Waals surface area contributed by atoms with Crippen molar-refractivity contribution in [3.05, 3.63) is 0 Å². The van der Waals surface area contributed by atoms with Gasteiger partial charge in [-0.3, -0.25) is 9.59 Å². The molecule has 2 unspecified atom stereocenters. The number of carboxylic acid groups (broad SMARTS) is 1. The Kier molecular flexibility index (Phi) is 6.60. The van der Waals surface area contributed by atoms with E-state index in [1.165, 1.54) is 10.6 Å². The van der Waals surface area contributed by atoms with Crippen molar-refractivity contribution in [3.8, 4) is 0 Å². The summed E-state index contributed by atoms with van der Waals surface area (Å²) < 4.78 is 24.1. The maximum absolute atomic E-state index is 11.9.